The zero-order valence-electron chi connectivity index (χ0n) is 36.4. The summed E-state index contributed by atoms with van der Waals surface area (Å²) in [6.07, 6.45) is 3.36. The Balaban J connectivity index is 0.000000223. The van der Waals surface area contributed by atoms with Crippen LogP contribution in [-0.2, 0) is 26.5 Å². The molecule has 0 unspecified atom stereocenters. The van der Waals surface area contributed by atoms with E-state index >= 15 is 0 Å². The first-order valence-electron chi connectivity index (χ1n) is 19.8. The summed E-state index contributed by atoms with van der Waals surface area (Å²) >= 11 is 0. The molecule has 0 fully saturated rings. The van der Waals surface area contributed by atoms with Gasteiger partial charge in [-0.1, -0.05) is 113 Å². The molecule has 6 heteroatoms. The Bertz CT molecular complexity index is 2500. The van der Waals surface area contributed by atoms with Crippen molar-refractivity contribution >= 4 is 35.2 Å². The molecule has 7 rings (SSSR count). The fourth-order valence-corrected chi connectivity index (χ4v) is 7.24. The summed E-state index contributed by atoms with van der Waals surface area (Å²) in [5, 5.41) is 2.59. The minimum atomic E-state index is -2.13. The first-order valence-corrected chi connectivity index (χ1v) is 19.8. The Morgan fingerprint density at radius 3 is 2.22 bits per heavy atom. The fourth-order valence-electron chi connectivity index (χ4n) is 5.65. The van der Waals surface area contributed by atoms with Crippen LogP contribution in [0.5, 0.6) is 0 Å². The third-order valence-electron chi connectivity index (χ3n) is 8.30. The summed E-state index contributed by atoms with van der Waals surface area (Å²) < 4.78 is 62.8. The van der Waals surface area contributed by atoms with E-state index in [1.165, 1.54) is 11.3 Å². The van der Waals surface area contributed by atoms with Crippen LogP contribution in [0, 0.1) is 19.0 Å². The van der Waals surface area contributed by atoms with E-state index < -0.39 is 33.1 Å². The number of aromatic nitrogens is 3. The van der Waals surface area contributed by atoms with Crippen molar-refractivity contribution < 1.29 is 34.1 Å². The molecule has 0 atom stereocenters. The van der Waals surface area contributed by atoms with Crippen LogP contribution in [0.2, 0.25) is 19.6 Å². The number of furan rings is 1. The Morgan fingerprint density at radius 1 is 0.800 bits per heavy atom. The van der Waals surface area contributed by atoms with Gasteiger partial charge in [0.05, 0.1) is 19.4 Å². The van der Waals surface area contributed by atoms with Gasteiger partial charge in [0.25, 0.3) is 0 Å². The molecule has 4 nitrogen and oxygen atoms in total. The molecule has 3 aromatic carbocycles. The molecule has 0 aliphatic carbocycles. The number of aryl methyl sites for hydroxylation is 1. The molecule has 0 spiro atoms. The first-order chi connectivity index (χ1) is 26.0. The van der Waals surface area contributed by atoms with Crippen LogP contribution in [0.4, 0.5) is 0 Å². The van der Waals surface area contributed by atoms with Crippen LogP contribution in [0.15, 0.2) is 108 Å². The number of pyridine rings is 3. The molecule has 7 aromatic rings. The van der Waals surface area contributed by atoms with Gasteiger partial charge in [0.15, 0.2) is 0 Å². The normalized spacial score (nSPS) is 14.5. The van der Waals surface area contributed by atoms with Crippen molar-refractivity contribution in [3.63, 3.8) is 0 Å². The van der Waals surface area contributed by atoms with Gasteiger partial charge in [0, 0.05) is 60.1 Å². The molecule has 0 aliphatic heterocycles. The zero-order valence-corrected chi connectivity index (χ0v) is 32.8. The van der Waals surface area contributed by atoms with Crippen LogP contribution in [0.25, 0.3) is 44.5 Å². The fraction of sp³-hybridized carbons (Fsp3) is 0.250. The zero-order chi connectivity index (χ0) is 40.8. The van der Waals surface area contributed by atoms with Crippen molar-refractivity contribution in [2.24, 2.45) is 0 Å². The maximum Gasteiger partial charge on any atom is 0.124 e. The quantitative estimate of drug-likeness (QED) is 0.118. The monoisotopic (exact) mass is 859 g/mol. The largest absolute Gasteiger partial charge is 0.500 e. The topological polar surface area (TPSA) is 51.8 Å². The van der Waals surface area contributed by atoms with Gasteiger partial charge < -0.3 is 14.4 Å². The smallest absolute Gasteiger partial charge is 0.124 e. The number of fused-ring (bicyclic) bond motifs is 3. The standard InChI is InChI=1S/C26H21N2O.C18H24NSi.Ir/c1-17(2)19-10-12-27-22(16-19)20-8-9-24-21(15-20)26-23(28-13-11-25(26)29-24)14-18-6-4-3-5-7-18;1-13(2)16-11-17(15-9-7-14(3)8-10-15)19-12-18(16)20(4,5)6;/h3-7,9-13,15-17H,14H2,1-2H3;7-9,11-13H,1-6H3;/q2*-1;/i14D2,17D;3D3,13D;. The van der Waals surface area contributed by atoms with E-state index in [9.17, 15) is 0 Å². The van der Waals surface area contributed by atoms with E-state index in [1.54, 1.807) is 48.8 Å². The second-order valence-electron chi connectivity index (χ2n) is 13.5. The molecule has 4 heterocycles. The van der Waals surface area contributed by atoms with Gasteiger partial charge in [0.1, 0.15) is 5.58 Å². The van der Waals surface area contributed by atoms with Crippen molar-refractivity contribution in [3.05, 3.63) is 144 Å². The number of hydrogen-bond donors (Lipinski definition) is 0. The maximum absolute atomic E-state index is 8.84. The van der Waals surface area contributed by atoms with Crippen LogP contribution in [0.3, 0.4) is 0 Å². The van der Waals surface area contributed by atoms with Gasteiger partial charge in [-0.2, -0.15) is 0 Å². The molecular formula is C44H45IrN3OSi-2. The Labute approximate surface area is 321 Å². The minimum absolute atomic E-state index is 0. The number of benzene rings is 3. The molecule has 257 valence electrons. The SMILES string of the molecule is [2H]C(C)(C)c1ccnc(-c2[c-]cc3oc4ccnc(C([2H])([2H])c5ccccc5)c4c3c2)c1.[2H]C([2H])([2H])c1c[c-]c(-c2cc(C([2H])(C)C)c([Si](C)(C)C)cn2)cc1.[Ir]. The predicted molar refractivity (Wildman–Crippen MR) is 207 cm³/mol. The summed E-state index contributed by atoms with van der Waals surface area (Å²) in [6.45, 7) is 12.1. The van der Waals surface area contributed by atoms with Crippen LogP contribution in [0.1, 0.15) is 77.0 Å². The molecule has 0 saturated carbocycles. The van der Waals surface area contributed by atoms with E-state index in [4.69, 9.17) is 14.0 Å². The van der Waals surface area contributed by atoms with Gasteiger partial charge in [-0.3, -0.25) is 4.98 Å². The summed E-state index contributed by atoms with van der Waals surface area (Å²) in [4.78, 5) is 13.5. The van der Waals surface area contributed by atoms with E-state index in [-0.39, 0.29) is 25.7 Å². The molecule has 50 heavy (non-hydrogen) atoms. The summed E-state index contributed by atoms with van der Waals surface area (Å²) in [5.41, 5.74) is 7.07. The van der Waals surface area contributed by atoms with Crippen molar-refractivity contribution in [3.8, 4) is 22.5 Å². The molecule has 0 bridgehead atoms. The Hall–Kier alpha value is -4.22. The van der Waals surface area contributed by atoms with Crippen LogP contribution < -0.4 is 5.19 Å². The van der Waals surface area contributed by atoms with E-state index in [0.717, 1.165) is 33.3 Å². The Kier molecular flexibility index (Phi) is 8.98. The molecule has 1 radical (unpaired) electrons. The molecule has 0 N–H and O–H groups in total. The molecule has 4 aromatic heterocycles. The third-order valence-corrected chi connectivity index (χ3v) is 10.3. The molecule has 0 aliphatic rings. The number of rotatable bonds is 7. The molecule has 0 amide bonds. The first kappa shape index (κ1) is 28.5. The number of hydrogen-bond acceptors (Lipinski definition) is 4. The second-order valence-corrected chi connectivity index (χ2v) is 18.6. The summed E-state index contributed by atoms with van der Waals surface area (Å²) in [5.74, 6) is -1.46. The van der Waals surface area contributed by atoms with E-state index in [1.807, 2.05) is 76.4 Å². The molecule has 0 saturated heterocycles. The second kappa shape index (κ2) is 15.8. The van der Waals surface area contributed by atoms with Crippen LogP contribution >= 0.6 is 0 Å². The summed E-state index contributed by atoms with van der Waals surface area (Å²) in [7, 11) is -1.61. The van der Waals surface area contributed by atoms with Crippen molar-refractivity contribution in [1.29, 1.82) is 0 Å². The van der Waals surface area contributed by atoms with Gasteiger partial charge in [-0.25, -0.2) is 0 Å². The van der Waals surface area contributed by atoms with Gasteiger partial charge in [0.2, 0.25) is 0 Å². The van der Waals surface area contributed by atoms with Crippen molar-refractivity contribution in [2.75, 3.05) is 0 Å². The van der Waals surface area contributed by atoms with Crippen molar-refractivity contribution in [1.82, 2.24) is 15.0 Å². The number of nitrogens with zero attached hydrogens (tertiary/aromatic N) is 3. The van der Waals surface area contributed by atoms with Crippen molar-refractivity contribution in [2.45, 2.75) is 72.3 Å². The van der Waals surface area contributed by atoms with Gasteiger partial charge in [-0.15, -0.1) is 59.2 Å². The summed E-state index contributed by atoms with van der Waals surface area (Å²) in [6, 6.07) is 31.2. The van der Waals surface area contributed by atoms with E-state index in [0.29, 0.717) is 33.5 Å². The van der Waals surface area contributed by atoms with Gasteiger partial charge >= 0.3 is 0 Å². The van der Waals surface area contributed by atoms with E-state index in [2.05, 4.69) is 46.7 Å². The third kappa shape index (κ3) is 8.38. The molecular weight excluding hydrogens is 807 g/mol. The predicted octanol–water partition coefficient (Wildman–Crippen LogP) is 11.1. The average Bonchev–Trinajstić information content (AvgIpc) is 3.52. The maximum atomic E-state index is 8.84. The average molecular weight is 859 g/mol. The van der Waals surface area contributed by atoms with Crippen LogP contribution in [-0.4, -0.2) is 23.0 Å². The van der Waals surface area contributed by atoms with Gasteiger partial charge in [-0.05, 0) is 46.1 Å². The minimum Gasteiger partial charge on any atom is -0.500 e. The Morgan fingerprint density at radius 2 is 1.54 bits per heavy atom.